The number of nitrogens with zero attached hydrogens (tertiary/aromatic N) is 1. The number of sulfonamides is 1. The van der Waals surface area contributed by atoms with E-state index in [0.29, 0.717) is 24.2 Å². The van der Waals surface area contributed by atoms with Gasteiger partial charge in [0.25, 0.3) is 0 Å². The van der Waals surface area contributed by atoms with Crippen LogP contribution < -0.4 is 16.4 Å². The van der Waals surface area contributed by atoms with E-state index in [9.17, 15) is 13.2 Å². The average molecular weight is 312 g/mol. The maximum Gasteiger partial charge on any atom is 0.224 e. The number of nitrogens with two attached hydrogens (primary N) is 1. The van der Waals surface area contributed by atoms with Gasteiger partial charge in [0.05, 0.1) is 17.1 Å². The highest BCUT2D eigenvalue weighted by molar-refractivity contribution is 7.89. The second kappa shape index (κ2) is 5.90. The summed E-state index contributed by atoms with van der Waals surface area (Å²) >= 11 is 0. The predicted octanol–water partition coefficient (Wildman–Crippen LogP) is 0.457. The lowest BCUT2D eigenvalue weighted by Gasteiger charge is -2.20. The van der Waals surface area contributed by atoms with Crippen molar-refractivity contribution in [3.05, 3.63) is 17.7 Å². The zero-order valence-corrected chi connectivity index (χ0v) is 13.0. The van der Waals surface area contributed by atoms with Crippen LogP contribution in [0.1, 0.15) is 12.0 Å². The van der Waals surface area contributed by atoms with E-state index in [4.69, 9.17) is 5.73 Å². The number of anilines is 3. The number of benzene rings is 1. The Morgan fingerprint density at radius 3 is 2.71 bits per heavy atom. The molecule has 1 heterocycles. The maximum absolute atomic E-state index is 11.7. The number of carbonyl (C=O) groups excluding carboxylic acids is 1. The first-order valence-corrected chi connectivity index (χ1v) is 8.27. The first kappa shape index (κ1) is 15.6. The Hall–Kier alpha value is -1.80. The standard InChI is InChI=1S/C13H20N4O3S/c1-17(2)21(19,20)6-5-15-12-8-11-9(7-10(12)14)3-4-13(18)16-11/h7-8,15H,3-6,14H2,1-2H3,(H,16,18). The molecule has 0 radical (unpaired) electrons. The molecule has 1 aromatic rings. The van der Waals surface area contributed by atoms with Gasteiger partial charge in [0.2, 0.25) is 15.9 Å². The summed E-state index contributed by atoms with van der Waals surface area (Å²) in [6.07, 6.45) is 1.13. The molecule has 8 heteroatoms. The molecule has 0 spiro atoms. The number of aryl methyl sites for hydroxylation is 1. The fraction of sp³-hybridized carbons (Fsp3) is 0.462. The molecule has 1 aliphatic rings. The van der Waals surface area contributed by atoms with Crippen molar-refractivity contribution in [1.29, 1.82) is 0 Å². The molecule has 21 heavy (non-hydrogen) atoms. The lowest BCUT2D eigenvalue weighted by atomic mass is 10.0. The SMILES string of the molecule is CN(C)S(=O)(=O)CCNc1cc2c(cc1N)CCC(=O)N2. The Morgan fingerprint density at radius 1 is 1.33 bits per heavy atom. The Morgan fingerprint density at radius 2 is 2.05 bits per heavy atom. The van der Waals surface area contributed by atoms with Crippen LogP contribution in [-0.4, -0.2) is 45.0 Å². The third-order valence-corrected chi connectivity index (χ3v) is 5.24. The summed E-state index contributed by atoms with van der Waals surface area (Å²) in [7, 11) is -0.251. The minimum absolute atomic E-state index is 0.0200. The average Bonchev–Trinajstić information content (AvgIpc) is 2.39. The van der Waals surface area contributed by atoms with Gasteiger partial charge in [-0.15, -0.1) is 0 Å². The number of amides is 1. The van der Waals surface area contributed by atoms with Crippen molar-refractivity contribution in [2.45, 2.75) is 12.8 Å². The van der Waals surface area contributed by atoms with Crippen LogP contribution in [0.3, 0.4) is 0 Å². The molecule has 0 atom stereocenters. The van der Waals surface area contributed by atoms with Gasteiger partial charge < -0.3 is 16.4 Å². The van der Waals surface area contributed by atoms with E-state index < -0.39 is 10.0 Å². The van der Waals surface area contributed by atoms with E-state index >= 15 is 0 Å². The maximum atomic E-state index is 11.7. The first-order chi connectivity index (χ1) is 9.79. The summed E-state index contributed by atoms with van der Waals surface area (Å²) in [5.41, 5.74) is 8.86. The van der Waals surface area contributed by atoms with Crippen LogP contribution in [0.2, 0.25) is 0 Å². The minimum atomic E-state index is -3.25. The molecule has 0 aromatic heterocycles. The summed E-state index contributed by atoms with van der Waals surface area (Å²) < 4.78 is 24.5. The van der Waals surface area contributed by atoms with Gasteiger partial charge in [-0.05, 0) is 24.1 Å². The van der Waals surface area contributed by atoms with E-state index in [1.165, 1.54) is 18.4 Å². The summed E-state index contributed by atoms with van der Waals surface area (Å²) in [4.78, 5) is 11.4. The second-order valence-corrected chi connectivity index (χ2v) is 7.47. The third kappa shape index (κ3) is 3.64. The van der Waals surface area contributed by atoms with Gasteiger partial charge in [-0.2, -0.15) is 0 Å². The number of hydrogen-bond acceptors (Lipinski definition) is 5. The lowest BCUT2D eigenvalue weighted by Crippen LogP contribution is -2.28. The zero-order valence-electron chi connectivity index (χ0n) is 12.1. The fourth-order valence-corrected chi connectivity index (χ4v) is 2.82. The molecule has 7 nitrogen and oxygen atoms in total. The van der Waals surface area contributed by atoms with E-state index in [0.717, 1.165) is 11.3 Å². The lowest BCUT2D eigenvalue weighted by molar-refractivity contribution is -0.116. The highest BCUT2D eigenvalue weighted by atomic mass is 32.2. The van der Waals surface area contributed by atoms with Gasteiger partial charge in [-0.1, -0.05) is 0 Å². The van der Waals surface area contributed by atoms with E-state index in [1.807, 2.05) is 6.07 Å². The molecule has 0 saturated heterocycles. The monoisotopic (exact) mass is 312 g/mol. The molecule has 0 aliphatic carbocycles. The summed E-state index contributed by atoms with van der Waals surface area (Å²) in [5.74, 6) is -0.0449. The molecule has 0 saturated carbocycles. The second-order valence-electron chi connectivity index (χ2n) is 5.17. The van der Waals surface area contributed by atoms with E-state index in [1.54, 1.807) is 6.07 Å². The normalized spacial score (nSPS) is 14.7. The number of rotatable bonds is 5. The van der Waals surface area contributed by atoms with Crippen LogP contribution >= 0.6 is 0 Å². The van der Waals surface area contributed by atoms with Gasteiger partial charge in [0.1, 0.15) is 0 Å². The highest BCUT2D eigenvalue weighted by Gasteiger charge is 2.17. The summed E-state index contributed by atoms with van der Waals surface area (Å²) in [6, 6.07) is 3.57. The summed E-state index contributed by atoms with van der Waals surface area (Å²) in [5, 5.41) is 5.80. The van der Waals surface area contributed by atoms with Crippen molar-refractivity contribution in [3.63, 3.8) is 0 Å². The molecule has 0 fully saturated rings. The Balaban J connectivity index is 2.07. The molecule has 116 valence electrons. The number of nitrogen functional groups attached to an aromatic ring is 1. The largest absolute Gasteiger partial charge is 0.397 e. The van der Waals surface area contributed by atoms with Gasteiger partial charge >= 0.3 is 0 Å². The molecule has 1 amide bonds. The topological polar surface area (TPSA) is 105 Å². The van der Waals surface area contributed by atoms with Crippen molar-refractivity contribution < 1.29 is 13.2 Å². The number of nitrogens with one attached hydrogen (secondary N) is 2. The van der Waals surface area contributed by atoms with Crippen molar-refractivity contribution in [2.75, 3.05) is 42.8 Å². The number of hydrogen-bond donors (Lipinski definition) is 3. The molecule has 0 unspecified atom stereocenters. The van der Waals surface area contributed by atoms with Gasteiger partial charge in [-0.3, -0.25) is 4.79 Å². The van der Waals surface area contributed by atoms with Crippen molar-refractivity contribution >= 4 is 33.0 Å². The van der Waals surface area contributed by atoms with E-state index in [-0.39, 0.29) is 18.2 Å². The van der Waals surface area contributed by atoms with Gasteiger partial charge in [-0.25, -0.2) is 12.7 Å². The molecular weight excluding hydrogens is 292 g/mol. The fourth-order valence-electron chi connectivity index (χ4n) is 2.10. The zero-order chi connectivity index (χ0) is 15.6. The molecule has 1 aromatic carbocycles. The molecule has 1 aliphatic heterocycles. The van der Waals surface area contributed by atoms with Gasteiger partial charge in [0.15, 0.2) is 0 Å². The van der Waals surface area contributed by atoms with Crippen LogP contribution in [0.4, 0.5) is 17.1 Å². The number of fused-ring (bicyclic) bond motifs is 1. The third-order valence-electron chi connectivity index (χ3n) is 3.40. The predicted molar refractivity (Wildman–Crippen MR) is 83.8 cm³/mol. The molecule has 2 rings (SSSR count). The van der Waals surface area contributed by atoms with Crippen LogP contribution in [0, 0.1) is 0 Å². The van der Waals surface area contributed by atoms with Crippen LogP contribution in [0.25, 0.3) is 0 Å². The molecule has 4 N–H and O–H groups in total. The quantitative estimate of drug-likeness (QED) is 0.685. The van der Waals surface area contributed by atoms with Crippen LogP contribution in [0.15, 0.2) is 12.1 Å². The molecule has 0 bridgehead atoms. The van der Waals surface area contributed by atoms with Crippen LogP contribution in [-0.2, 0) is 21.2 Å². The summed E-state index contributed by atoms with van der Waals surface area (Å²) in [6.45, 7) is 0.247. The first-order valence-electron chi connectivity index (χ1n) is 6.66. The molecular formula is C13H20N4O3S. The smallest absolute Gasteiger partial charge is 0.224 e. The van der Waals surface area contributed by atoms with Crippen molar-refractivity contribution in [1.82, 2.24) is 4.31 Å². The van der Waals surface area contributed by atoms with Gasteiger partial charge in [0, 0.05) is 32.7 Å². The minimum Gasteiger partial charge on any atom is -0.397 e. The Kier molecular flexibility index (Phi) is 4.38. The van der Waals surface area contributed by atoms with Crippen LogP contribution in [0.5, 0.6) is 0 Å². The van der Waals surface area contributed by atoms with Crippen molar-refractivity contribution in [3.8, 4) is 0 Å². The Bertz CT molecular complexity index is 656. The number of carbonyl (C=O) groups is 1. The Labute approximate surface area is 124 Å². The van der Waals surface area contributed by atoms with Crippen molar-refractivity contribution in [2.24, 2.45) is 0 Å². The van der Waals surface area contributed by atoms with E-state index in [2.05, 4.69) is 10.6 Å². The highest BCUT2D eigenvalue weighted by Crippen LogP contribution is 2.30.